The molecule has 0 fully saturated rings. The van der Waals surface area contributed by atoms with Crippen LogP contribution in [-0.2, 0) is 21.1 Å². The van der Waals surface area contributed by atoms with Crippen molar-refractivity contribution in [3.8, 4) is 6.07 Å². The SMILES string of the molecule is CC(CCCC(=O)O)=C(Cc1ccccc1S(=O)(=O)c1ccccc1)C(C#N)=C(C)c1ccccc1. The maximum Gasteiger partial charge on any atom is 0.303 e. The van der Waals surface area contributed by atoms with Crippen LogP contribution < -0.4 is 0 Å². The highest BCUT2D eigenvalue weighted by atomic mass is 32.2. The first-order chi connectivity index (χ1) is 17.3. The van der Waals surface area contributed by atoms with Crippen LogP contribution in [0.15, 0.2) is 111 Å². The minimum atomic E-state index is -3.77. The van der Waals surface area contributed by atoms with Crippen LogP contribution in [0.1, 0.15) is 44.2 Å². The Morgan fingerprint density at radius 1 is 0.861 bits per heavy atom. The Balaban J connectivity index is 2.15. The van der Waals surface area contributed by atoms with Crippen molar-refractivity contribution in [3.05, 3.63) is 113 Å². The smallest absolute Gasteiger partial charge is 0.303 e. The van der Waals surface area contributed by atoms with Crippen molar-refractivity contribution in [3.63, 3.8) is 0 Å². The van der Waals surface area contributed by atoms with Crippen LogP contribution in [-0.4, -0.2) is 19.5 Å². The summed E-state index contributed by atoms with van der Waals surface area (Å²) in [7, 11) is -3.77. The molecule has 0 aliphatic rings. The highest BCUT2D eigenvalue weighted by Crippen LogP contribution is 2.32. The molecule has 0 saturated heterocycles. The van der Waals surface area contributed by atoms with E-state index in [0.29, 0.717) is 24.0 Å². The van der Waals surface area contributed by atoms with Gasteiger partial charge in [-0.3, -0.25) is 4.79 Å². The second kappa shape index (κ2) is 12.1. The van der Waals surface area contributed by atoms with Gasteiger partial charge in [0, 0.05) is 12.8 Å². The molecule has 0 heterocycles. The molecule has 3 aromatic carbocycles. The molecule has 3 aromatic rings. The fourth-order valence-corrected chi connectivity index (χ4v) is 5.66. The van der Waals surface area contributed by atoms with E-state index in [1.165, 1.54) is 0 Å². The van der Waals surface area contributed by atoms with Crippen LogP contribution in [0.3, 0.4) is 0 Å². The summed E-state index contributed by atoms with van der Waals surface area (Å²) in [4.78, 5) is 11.5. The van der Waals surface area contributed by atoms with Gasteiger partial charge in [0.1, 0.15) is 0 Å². The molecule has 0 aliphatic heterocycles. The summed E-state index contributed by atoms with van der Waals surface area (Å²) in [5.41, 5.74) is 4.34. The summed E-state index contributed by atoms with van der Waals surface area (Å²) in [6.07, 6.45) is 1.17. The van der Waals surface area contributed by atoms with Gasteiger partial charge in [-0.1, -0.05) is 72.3 Å². The monoisotopic (exact) mass is 499 g/mol. The topological polar surface area (TPSA) is 95.2 Å². The van der Waals surface area contributed by atoms with Gasteiger partial charge in [-0.25, -0.2) is 8.42 Å². The molecule has 0 bridgehead atoms. The molecule has 0 aromatic heterocycles. The summed E-state index contributed by atoms with van der Waals surface area (Å²) in [5, 5.41) is 19.3. The number of sulfone groups is 1. The van der Waals surface area contributed by atoms with E-state index in [1.54, 1.807) is 54.6 Å². The number of hydrogen-bond acceptors (Lipinski definition) is 4. The van der Waals surface area contributed by atoms with Crippen LogP contribution in [0, 0.1) is 11.3 Å². The molecule has 0 amide bonds. The molecule has 6 heteroatoms. The van der Waals surface area contributed by atoms with Crippen molar-refractivity contribution in [1.82, 2.24) is 0 Å². The first kappa shape index (κ1) is 26.7. The van der Waals surface area contributed by atoms with Crippen molar-refractivity contribution in [2.24, 2.45) is 0 Å². The zero-order valence-electron chi connectivity index (χ0n) is 20.4. The lowest BCUT2D eigenvalue weighted by atomic mass is 9.88. The lowest BCUT2D eigenvalue weighted by Gasteiger charge is -2.17. The van der Waals surface area contributed by atoms with Gasteiger partial charge in [0.05, 0.1) is 21.4 Å². The second-order valence-corrected chi connectivity index (χ2v) is 10.5. The molecule has 184 valence electrons. The number of nitriles is 1. The predicted molar refractivity (Wildman–Crippen MR) is 141 cm³/mol. The minimum absolute atomic E-state index is 0.0207. The van der Waals surface area contributed by atoms with Gasteiger partial charge in [0.15, 0.2) is 0 Å². The fraction of sp³-hybridized carbons (Fsp3) is 0.200. The third-order valence-electron chi connectivity index (χ3n) is 6.14. The van der Waals surface area contributed by atoms with Gasteiger partial charge >= 0.3 is 5.97 Å². The van der Waals surface area contributed by atoms with Crippen molar-refractivity contribution in [2.75, 3.05) is 0 Å². The molecule has 0 saturated carbocycles. The van der Waals surface area contributed by atoms with Gasteiger partial charge in [0.2, 0.25) is 9.84 Å². The fourth-order valence-electron chi connectivity index (χ4n) is 4.15. The summed E-state index contributed by atoms with van der Waals surface area (Å²) >= 11 is 0. The predicted octanol–water partition coefficient (Wildman–Crippen LogP) is 6.63. The van der Waals surface area contributed by atoms with E-state index in [9.17, 15) is 18.5 Å². The van der Waals surface area contributed by atoms with Gasteiger partial charge in [-0.05, 0) is 67.2 Å². The lowest BCUT2D eigenvalue weighted by molar-refractivity contribution is -0.137. The average Bonchev–Trinajstić information content (AvgIpc) is 2.89. The summed E-state index contributed by atoms with van der Waals surface area (Å²) < 4.78 is 27.0. The number of carboxylic acids is 1. The number of nitrogens with zero attached hydrogens (tertiary/aromatic N) is 1. The Hall–Kier alpha value is -3.95. The van der Waals surface area contributed by atoms with Crippen molar-refractivity contribution < 1.29 is 18.3 Å². The summed E-state index contributed by atoms with van der Waals surface area (Å²) in [6.45, 7) is 3.77. The largest absolute Gasteiger partial charge is 0.481 e. The summed E-state index contributed by atoms with van der Waals surface area (Å²) in [5.74, 6) is -0.875. The number of rotatable bonds is 10. The molecule has 0 unspecified atom stereocenters. The number of allylic oxidation sites excluding steroid dienone is 4. The maximum absolute atomic E-state index is 13.5. The number of carboxylic acid groups (broad SMARTS) is 1. The van der Waals surface area contributed by atoms with E-state index in [4.69, 9.17) is 5.11 Å². The molecule has 5 nitrogen and oxygen atoms in total. The highest BCUT2D eigenvalue weighted by Gasteiger charge is 2.23. The Kier molecular flexibility index (Phi) is 8.99. The molecule has 3 rings (SSSR count). The first-order valence-corrected chi connectivity index (χ1v) is 13.2. The first-order valence-electron chi connectivity index (χ1n) is 11.7. The van der Waals surface area contributed by atoms with E-state index in [0.717, 1.165) is 22.3 Å². The summed E-state index contributed by atoms with van der Waals surface area (Å²) in [6, 6.07) is 27.0. The molecule has 0 spiro atoms. The molecule has 0 aliphatic carbocycles. The Morgan fingerprint density at radius 2 is 1.44 bits per heavy atom. The number of hydrogen-bond donors (Lipinski definition) is 1. The van der Waals surface area contributed by atoms with Gasteiger partial charge in [0.25, 0.3) is 0 Å². The number of aliphatic carboxylic acids is 1. The zero-order chi connectivity index (χ0) is 26.1. The van der Waals surface area contributed by atoms with Gasteiger partial charge in [-0.15, -0.1) is 0 Å². The average molecular weight is 500 g/mol. The van der Waals surface area contributed by atoms with Crippen molar-refractivity contribution in [1.29, 1.82) is 5.26 Å². The van der Waals surface area contributed by atoms with Crippen LogP contribution in [0.25, 0.3) is 5.57 Å². The molecular weight excluding hydrogens is 470 g/mol. The Morgan fingerprint density at radius 3 is 2.06 bits per heavy atom. The van der Waals surface area contributed by atoms with Crippen LogP contribution in [0.2, 0.25) is 0 Å². The second-order valence-electron chi connectivity index (χ2n) is 8.58. The standard InChI is InChI=1S/C30H29NO4S/c1-22(12-11-19-30(32)33)27(28(21-31)23(2)24-13-5-3-6-14-24)20-25-15-9-10-18-29(25)36(34,35)26-16-7-4-8-17-26/h3-10,13-18H,11-12,19-20H2,1-2H3,(H,32,33). The lowest BCUT2D eigenvalue weighted by Crippen LogP contribution is -2.08. The zero-order valence-corrected chi connectivity index (χ0v) is 21.3. The molecule has 1 N–H and O–H groups in total. The molecule has 0 radical (unpaired) electrons. The Bertz CT molecular complexity index is 1430. The maximum atomic E-state index is 13.5. The van der Waals surface area contributed by atoms with E-state index in [-0.39, 0.29) is 22.6 Å². The number of carbonyl (C=O) groups is 1. The highest BCUT2D eigenvalue weighted by molar-refractivity contribution is 7.91. The third kappa shape index (κ3) is 6.38. The van der Waals surface area contributed by atoms with Gasteiger partial charge in [-0.2, -0.15) is 5.26 Å². The van der Waals surface area contributed by atoms with E-state index in [2.05, 4.69) is 6.07 Å². The van der Waals surface area contributed by atoms with E-state index < -0.39 is 15.8 Å². The van der Waals surface area contributed by atoms with E-state index >= 15 is 0 Å². The number of benzene rings is 3. The third-order valence-corrected chi connectivity index (χ3v) is 8.01. The quantitative estimate of drug-likeness (QED) is 0.249. The normalized spacial score (nSPS) is 12.8. The van der Waals surface area contributed by atoms with Crippen LogP contribution in [0.4, 0.5) is 0 Å². The molecule has 36 heavy (non-hydrogen) atoms. The van der Waals surface area contributed by atoms with E-state index in [1.807, 2.05) is 44.2 Å². The van der Waals surface area contributed by atoms with Gasteiger partial charge < -0.3 is 5.11 Å². The van der Waals surface area contributed by atoms with Crippen LogP contribution in [0.5, 0.6) is 0 Å². The van der Waals surface area contributed by atoms with Crippen molar-refractivity contribution in [2.45, 2.75) is 49.3 Å². The van der Waals surface area contributed by atoms with Crippen molar-refractivity contribution >= 4 is 21.4 Å². The minimum Gasteiger partial charge on any atom is -0.481 e. The molecule has 0 atom stereocenters. The van der Waals surface area contributed by atoms with Crippen LogP contribution >= 0.6 is 0 Å². The molecular formula is C30H29NO4S. The Labute approximate surface area is 213 Å².